The number of carbonyl (C=O) groups excluding carboxylic acids is 1. The van der Waals surface area contributed by atoms with E-state index in [1.807, 2.05) is 43.3 Å². The van der Waals surface area contributed by atoms with Gasteiger partial charge in [0, 0.05) is 32.4 Å². The number of carbonyl (C=O) groups is 1. The normalized spacial score (nSPS) is 10.3. The van der Waals surface area contributed by atoms with Crippen molar-refractivity contribution in [3.8, 4) is 0 Å². The fraction of sp³-hybridized carbons (Fsp3) is 0.308. The van der Waals surface area contributed by atoms with Gasteiger partial charge in [-0.3, -0.25) is 9.89 Å². The highest BCUT2D eigenvalue weighted by atomic mass is 16.2. The van der Waals surface area contributed by atoms with Gasteiger partial charge in [-0.05, 0) is 24.3 Å². The molecule has 1 aromatic carbocycles. The van der Waals surface area contributed by atoms with E-state index in [9.17, 15) is 4.79 Å². The summed E-state index contributed by atoms with van der Waals surface area (Å²) in [5.41, 5.74) is 1.72. The molecule has 0 bridgehead atoms. The van der Waals surface area contributed by atoms with E-state index in [0.717, 1.165) is 5.69 Å². The van der Waals surface area contributed by atoms with Gasteiger partial charge in [0.2, 0.25) is 0 Å². The molecule has 0 atom stereocenters. The van der Waals surface area contributed by atoms with Crippen molar-refractivity contribution >= 4 is 11.6 Å². The van der Waals surface area contributed by atoms with E-state index in [2.05, 4.69) is 15.2 Å². The number of benzene rings is 1. The Kier molecular flexibility index (Phi) is 3.79. The predicted molar refractivity (Wildman–Crippen MR) is 72.9 cm³/mol. The zero-order chi connectivity index (χ0) is 13.8. The number of amides is 1. The number of nitrogens with one attached hydrogen (secondary N) is 1. The quantitative estimate of drug-likeness (QED) is 0.894. The Labute approximate surface area is 112 Å². The third-order valence-electron chi connectivity index (χ3n) is 2.83. The van der Waals surface area contributed by atoms with Crippen molar-refractivity contribution in [2.45, 2.75) is 6.54 Å². The minimum atomic E-state index is -0.0401. The van der Waals surface area contributed by atoms with Crippen LogP contribution in [0.15, 0.2) is 30.6 Å². The molecule has 6 heteroatoms. The maximum atomic E-state index is 12.2. The minimum Gasteiger partial charge on any atom is -0.378 e. The first kappa shape index (κ1) is 13.1. The van der Waals surface area contributed by atoms with Crippen LogP contribution < -0.4 is 4.90 Å². The van der Waals surface area contributed by atoms with E-state index in [1.165, 1.54) is 6.33 Å². The first-order valence-electron chi connectivity index (χ1n) is 5.95. The number of rotatable bonds is 4. The zero-order valence-corrected chi connectivity index (χ0v) is 11.3. The molecule has 19 heavy (non-hydrogen) atoms. The Morgan fingerprint density at radius 3 is 2.42 bits per heavy atom. The van der Waals surface area contributed by atoms with Gasteiger partial charge in [-0.2, -0.15) is 5.10 Å². The summed E-state index contributed by atoms with van der Waals surface area (Å²) in [6.45, 7) is 0.411. The van der Waals surface area contributed by atoms with Crippen LogP contribution in [0.4, 0.5) is 5.69 Å². The summed E-state index contributed by atoms with van der Waals surface area (Å²) in [6, 6.07) is 7.51. The molecule has 1 N–H and O–H groups in total. The number of anilines is 1. The molecule has 0 spiro atoms. The third kappa shape index (κ3) is 3.09. The van der Waals surface area contributed by atoms with Crippen LogP contribution in [0.5, 0.6) is 0 Å². The van der Waals surface area contributed by atoms with Gasteiger partial charge in [-0.15, -0.1) is 0 Å². The highest BCUT2D eigenvalue weighted by molar-refractivity contribution is 5.94. The van der Waals surface area contributed by atoms with Gasteiger partial charge in [0.1, 0.15) is 12.2 Å². The molecule has 2 aromatic rings. The summed E-state index contributed by atoms with van der Waals surface area (Å²) in [4.78, 5) is 19.8. The van der Waals surface area contributed by atoms with Gasteiger partial charge in [-0.1, -0.05) is 0 Å². The first-order chi connectivity index (χ1) is 9.08. The molecule has 1 heterocycles. The molecule has 0 aliphatic carbocycles. The summed E-state index contributed by atoms with van der Waals surface area (Å²) in [5.74, 6) is 0.627. The fourth-order valence-corrected chi connectivity index (χ4v) is 1.73. The second-order valence-electron chi connectivity index (χ2n) is 4.53. The van der Waals surface area contributed by atoms with Crippen LogP contribution in [0.1, 0.15) is 16.2 Å². The Morgan fingerprint density at radius 1 is 1.21 bits per heavy atom. The van der Waals surface area contributed by atoms with E-state index in [0.29, 0.717) is 17.9 Å². The molecule has 0 aliphatic rings. The number of aromatic amines is 1. The van der Waals surface area contributed by atoms with Crippen LogP contribution in [-0.4, -0.2) is 47.1 Å². The minimum absolute atomic E-state index is 0.0401. The average Bonchev–Trinajstić information content (AvgIpc) is 2.90. The van der Waals surface area contributed by atoms with Crippen LogP contribution in [0.2, 0.25) is 0 Å². The number of hydrogen-bond acceptors (Lipinski definition) is 4. The van der Waals surface area contributed by atoms with Gasteiger partial charge >= 0.3 is 0 Å². The largest absolute Gasteiger partial charge is 0.378 e. The molecule has 0 unspecified atom stereocenters. The first-order valence-corrected chi connectivity index (χ1v) is 5.95. The van der Waals surface area contributed by atoms with E-state index in [-0.39, 0.29) is 5.91 Å². The third-order valence-corrected chi connectivity index (χ3v) is 2.83. The maximum Gasteiger partial charge on any atom is 0.254 e. The Bertz CT molecular complexity index is 533. The van der Waals surface area contributed by atoms with Gasteiger partial charge < -0.3 is 9.80 Å². The van der Waals surface area contributed by atoms with Crippen molar-refractivity contribution < 1.29 is 4.79 Å². The molecule has 1 aromatic heterocycles. The molecule has 0 saturated carbocycles. The summed E-state index contributed by atoms with van der Waals surface area (Å²) in [7, 11) is 5.67. The molecule has 0 fully saturated rings. The van der Waals surface area contributed by atoms with Gasteiger partial charge in [0.15, 0.2) is 0 Å². The molecule has 0 aliphatic heterocycles. The van der Waals surface area contributed by atoms with Gasteiger partial charge in [-0.25, -0.2) is 4.98 Å². The Balaban J connectivity index is 2.06. The Hall–Kier alpha value is -2.37. The highest BCUT2D eigenvalue weighted by Crippen LogP contribution is 2.13. The topological polar surface area (TPSA) is 65.1 Å². The molecule has 6 nitrogen and oxygen atoms in total. The van der Waals surface area contributed by atoms with Crippen LogP contribution in [0.3, 0.4) is 0 Å². The van der Waals surface area contributed by atoms with Crippen LogP contribution in [0.25, 0.3) is 0 Å². The van der Waals surface area contributed by atoms with E-state index in [1.54, 1.807) is 11.9 Å². The van der Waals surface area contributed by atoms with E-state index >= 15 is 0 Å². The lowest BCUT2D eigenvalue weighted by Gasteiger charge is -2.17. The summed E-state index contributed by atoms with van der Waals surface area (Å²) < 4.78 is 0. The van der Waals surface area contributed by atoms with Crippen molar-refractivity contribution in [2.75, 3.05) is 26.0 Å². The lowest BCUT2D eigenvalue weighted by Crippen LogP contribution is -2.26. The molecule has 0 saturated heterocycles. The highest BCUT2D eigenvalue weighted by Gasteiger charge is 2.13. The van der Waals surface area contributed by atoms with Crippen LogP contribution >= 0.6 is 0 Å². The second kappa shape index (κ2) is 5.51. The fourth-order valence-electron chi connectivity index (χ4n) is 1.73. The van der Waals surface area contributed by atoms with Crippen molar-refractivity contribution in [3.63, 3.8) is 0 Å². The van der Waals surface area contributed by atoms with Crippen molar-refractivity contribution in [1.29, 1.82) is 0 Å². The Morgan fingerprint density at radius 2 is 1.89 bits per heavy atom. The van der Waals surface area contributed by atoms with Crippen molar-refractivity contribution in [3.05, 3.63) is 42.0 Å². The standard InChI is InChI=1S/C13H17N5O/c1-17(2)11-6-4-10(5-7-11)13(19)18(3)8-12-14-9-15-16-12/h4-7,9H,8H2,1-3H3,(H,14,15,16). The predicted octanol–water partition coefficient (Wildman–Crippen LogP) is 1.14. The summed E-state index contributed by atoms with van der Waals surface area (Å²) in [5, 5.41) is 6.50. The molecular weight excluding hydrogens is 242 g/mol. The lowest BCUT2D eigenvalue weighted by atomic mass is 10.2. The van der Waals surface area contributed by atoms with E-state index in [4.69, 9.17) is 0 Å². The molecule has 0 radical (unpaired) electrons. The molecule has 100 valence electrons. The van der Waals surface area contributed by atoms with Gasteiger partial charge in [0.05, 0.1) is 6.54 Å². The average molecular weight is 259 g/mol. The summed E-state index contributed by atoms with van der Waals surface area (Å²) >= 11 is 0. The molecule has 2 rings (SSSR count). The monoisotopic (exact) mass is 259 g/mol. The second-order valence-corrected chi connectivity index (χ2v) is 4.53. The lowest BCUT2D eigenvalue weighted by molar-refractivity contribution is 0.0781. The summed E-state index contributed by atoms with van der Waals surface area (Å²) in [6.07, 6.45) is 1.43. The number of hydrogen-bond donors (Lipinski definition) is 1. The van der Waals surface area contributed by atoms with Crippen molar-refractivity contribution in [1.82, 2.24) is 20.1 Å². The number of H-pyrrole nitrogens is 1. The van der Waals surface area contributed by atoms with Crippen LogP contribution in [-0.2, 0) is 6.54 Å². The smallest absolute Gasteiger partial charge is 0.254 e. The number of aromatic nitrogens is 3. The van der Waals surface area contributed by atoms with Crippen LogP contribution in [0, 0.1) is 0 Å². The zero-order valence-electron chi connectivity index (χ0n) is 11.3. The van der Waals surface area contributed by atoms with Crippen molar-refractivity contribution in [2.24, 2.45) is 0 Å². The SMILES string of the molecule is CN(Cc1ncn[nH]1)C(=O)c1ccc(N(C)C)cc1. The number of nitrogens with zero attached hydrogens (tertiary/aromatic N) is 4. The molecular formula is C13H17N5O. The van der Waals surface area contributed by atoms with E-state index < -0.39 is 0 Å². The van der Waals surface area contributed by atoms with Gasteiger partial charge in [0.25, 0.3) is 5.91 Å². The molecule has 1 amide bonds. The maximum absolute atomic E-state index is 12.2.